The molecule has 0 unspecified atom stereocenters. The first-order valence-corrected chi connectivity index (χ1v) is 14.4. The molecule has 0 spiro atoms. The highest BCUT2D eigenvalue weighted by molar-refractivity contribution is 6.09. The fourth-order valence-corrected chi connectivity index (χ4v) is 5.41. The molecule has 0 bridgehead atoms. The summed E-state index contributed by atoms with van der Waals surface area (Å²) in [5, 5.41) is 10.9. The number of aryl methyl sites for hydroxylation is 2. The zero-order chi connectivity index (χ0) is 29.8. The molecule has 1 aliphatic rings. The molecule has 1 amide bonds. The van der Waals surface area contributed by atoms with E-state index in [9.17, 15) is 13.6 Å². The Morgan fingerprint density at radius 2 is 1.65 bits per heavy atom. The van der Waals surface area contributed by atoms with E-state index in [-0.39, 0.29) is 12.5 Å². The van der Waals surface area contributed by atoms with Gasteiger partial charge in [-0.25, -0.2) is 8.78 Å². The van der Waals surface area contributed by atoms with Gasteiger partial charge < -0.3 is 19.9 Å². The first-order valence-electron chi connectivity index (χ1n) is 14.4. The van der Waals surface area contributed by atoms with Crippen molar-refractivity contribution < 1.29 is 18.3 Å². The van der Waals surface area contributed by atoms with Crippen LogP contribution in [0.5, 0.6) is 5.75 Å². The Kier molecular flexibility index (Phi) is 8.33. The standard InChI is InChI=1S/C34H33F2N5O2/c1-40-13-15-41(16-14-40)28-9-11-30(25(19-28)8-7-23-5-3-2-4-6-23)34(42)37-33-31-21-29(10-12-32(31)38-39-33)43-22-24-17-26(35)20-27(36)18-24/h2-6,9-12,17-21H,7-8,13-16,22H2,1H3,(H2,37,38,39,42). The predicted octanol–water partition coefficient (Wildman–Crippen LogP) is 6.21. The number of nitrogens with zero attached hydrogens (tertiary/aromatic N) is 3. The number of nitrogens with one attached hydrogen (secondary N) is 2. The number of hydrogen-bond acceptors (Lipinski definition) is 5. The largest absolute Gasteiger partial charge is 0.489 e. The third kappa shape index (κ3) is 6.84. The van der Waals surface area contributed by atoms with Gasteiger partial charge in [-0.15, -0.1) is 0 Å². The lowest BCUT2D eigenvalue weighted by molar-refractivity contribution is 0.102. The summed E-state index contributed by atoms with van der Waals surface area (Å²) in [6.45, 7) is 3.87. The van der Waals surface area contributed by atoms with Crippen LogP contribution in [0.3, 0.4) is 0 Å². The van der Waals surface area contributed by atoms with E-state index in [0.29, 0.717) is 40.0 Å². The predicted molar refractivity (Wildman–Crippen MR) is 165 cm³/mol. The molecular formula is C34H33F2N5O2. The second-order valence-electron chi connectivity index (χ2n) is 10.9. The SMILES string of the molecule is CN1CCN(c2ccc(C(=O)Nc3n[nH]c4ccc(OCc5cc(F)cc(F)c5)cc34)c(CCc3ccccc3)c2)CC1. The maximum atomic E-state index is 13.7. The molecule has 2 N–H and O–H groups in total. The van der Waals surface area contributed by atoms with Crippen molar-refractivity contribution in [2.45, 2.75) is 19.4 Å². The van der Waals surface area contributed by atoms with E-state index in [1.807, 2.05) is 30.3 Å². The Morgan fingerprint density at radius 1 is 0.884 bits per heavy atom. The fourth-order valence-electron chi connectivity index (χ4n) is 5.41. The number of hydrogen-bond donors (Lipinski definition) is 2. The summed E-state index contributed by atoms with van der Waals surface area (Å²) >= 11 is 0. The Morgan fingerprint density at radius 3 is 2.42 bits per heavy atom. The van der Waals surface area contributed by atoms with Gasteiger partial charge in [-0.3, -0.25) is 9.89 Å². The highest BCUT2D eigenvalue weighted by Gasteiger charge is 2.19. The number of ether oxygens (including phenoxy) is 1. The van der Waals surface area contributed by atoms with Gasteiger partial charge in [0.05, 0.1) is 5.52 Å². The number of aromatic nitrogens is 2. The van der Waals surface area contributed by atoms with Gasteiger partial charge in [0.15, 0.2) is 5.82 Å². The monoisotopic (exact) mass is 581 g/mol. The van der Waals surface area contributed by atoms with Crippen LogP contribution in [-0.2, 0) is 19.4 Å². The molecule has 2 heterocycles. The summed E-state index contributed by atoms with van der Waals surface area (Å²) in [7, 11) is 2.13. The summed E-state index contributed by atoms with van der Waals surface area (Å²) in [5.74, 6) is -0.710. The van der Waals surface area contributed by atoms with E-state index < -0.39 is 11.6 Å². The van der Waals surface area contributed by atoms with Gasteiger partial charge in [-0.2, -0.15) is 5.10 Å². The number of rotatable bonds is 9. The van der Waals surface area contributed by atoms with E-state index in [1.165, 1.54) is 17.7 Å². The van der Waals surface area contributed by atoms with Crippen LogP contribution in [0.25, 0.3) is 10.9 Å². The lowest BCUT2D eigenvalue weighted by Gasteiger charge is -2.34. The number of likely N-dealkylation sites (N-methyl/N-ethyl adjacent to an activating group) is 1. The van der Waals surface area contributed by atoms with Crippen molar-refractivity contribution in [1.29, 1.82) is 0 Å². The summed E-state index contributed by atoms with van der Waals surface area (Å²) in [4.78, 5) is 18.4. The minimum atomic E-state index is -0.659. The molecule has 7 nitrogen and oxygen atoms in total. The van der Waals surface area contributed by atoms with E-state index in [1.54, 1.807) is 18.2 Å². The second kappa shape index (κ2) is 12.6. The molecule has 6 rings (SSSR count). The van der Waals surface area contributed by atoms with Gasteiger partial charge in [0.2, 0.25) is 0 Å². The first-order chi connectivity index (χ1) is 20.9. The van der Waals surface area contributed by atoms with E-state index in [2.05, 4.69) is 50.6 Å². The molecule has 220 valence electrons. The number of anilines is 2. The smallest absolute Gasteiger partial charge is 0.257 e. The summed E-state index contributed by atoms with van der Waals surface area (Å²) in [6.07, 6.45) is 1.53. The summed E-state index contributed by atoms with van der Waals surface area (Å²) in [6, 6.07) is 24.9. The second-order valence-corrected chi connectivity index (χ2v) is 10.9. The molecule has 1 aromatic heterocycles. The Bertz CT molecular complexity index is 1710. The van der Waals surface area contributed by atoms with Crippen LogP contribution in [0.4, 0.5) is 20.3 Å². The van der Waals surface area contributed by atoms with E-state index in [4.69, 9.17) is 4.74 Å². The molecule has 0 saturated carbocycles. The number of amides is 1. The van der Waals surface area contributed by atoms with Crippen LogP contribution in [-0.4, -0.2) is 54.2 Å². The van der Waals surface area contributed by atoms with Crippen LogP contribution in [0.15, 0.2) is 84.9 Å². The van der Waals surface area contributed by atoms with Crippen LogP contribution in [0.2, 0.25) is 0 Å². The quantitative estimate of drug-likeness (QED) is 0.217. The maximum absolute atomic E-state index is 13.7. The minimum Gasteiger partial charge on any atom is -0.489 e. The van der Waals surface area contributed by atoms with Crippen molar-refractivity contribution in [2.75, 3.05) is 43.4 Å². The summed E-state index contributed by atoms with van der Waals surface area (Å²) in [5.41, 5.74) is 5.01. The highest BCUT2D eigenvalue weighted by Crippen LogP contribution is 2.28. The van der Waals surface area contributed by atoms with Crippen molar-refractivity contribution in [3.8, 4) is 5.75 Å². The Hall–Kier alpha value is -4.76. The molecule has 0 radical (unpaired) electrons. The minimum absolute atomic E-state index is 0.00976. The highest BCUT2D eigenvalue weighted by atomic mass is 19.1. The average Bonchev–Trinajstić information content (AvgIpc) is 3.41. The molecular weight excluding hydrogens is 548 g/mol. The number of carbonyl (C=O) groups excluding carboxylic acids is 1. The molecule has 43 heavy (non-hydrogen) atoms. The van der Waals surface area contributed by atoms with Crippen LogP contribution in [0.1, 0.15) is 27.0 Å². The molecule has 5 aromatic rings. The van der Waals surface area contributed by atoms with Crippen LogP contribution in [0, 0.1) is 11.6 Å². The number of fused-ring (bicyclic) bond motifs is 1. The van der Waals surface area contributed by atoms with Gasteiger partial charge in [-0.05, 0) is 85.1 Å². The van der Waals surface area contributed by atoms with Crippen molar-refractivity contribution in [3.63, 3.8) is 0 Å². The molecule has 1 fully saturated rings. The van der Waals surface area contributed by atoms with E-state index in [0.717, 1.165) is 49.9 Å². The first kappa shape index (κ1) is 28.4. The van der Waals surface area contributed by atoms with Gasteiger partial charge in [0.25, 0.3) is 5.91 Å². The van der Waals surface area contributed by atoms with Crippen LogP contribution < -0.4 is 15.0 Å². The zero-order valence-corrected chi connectivity index (χ0v) is 23.9. The maximum Gasteiger partial charge on any atom is 0.257 e. The number of piperazine rings is 1. The third-order valence-electron chi connectivity index (χ3n) is 7.82. The van der Waals surface area contributed by atoms with Crippen molar-refractivity contribution in [3.05, 3.63) is 119 Å². The number of halogens is 2. The number of aromatic amines is 1. The van der Waals surface area contributed by atoms with Crippen molar-refractivity contribution in [1.82, 2.24) is 15.1 Å². The summed E-state index contributed by atoms with van der Waals surface area (Å²) < 4.78 is 33.0. The molecule has 9 heteroatoms. The van der Waals surface area contributed by atoms with E-state index >= 15 is 0 Å². The van der Waals surface area contributed by atoms with Gasteiger partial charge >= 0.3 is 0 Å². The topological polar surface area (TPSA) is 73.5 Å². The fraction of sp³-hybridized carbons (Fsp3) is 0.235. The molecule has 1 saturated heterocycles. The number of carbonyl (C=O) groups is 1. The average molecular weight is 582 g/mol. The zero-order valence-electron chi connectivity index (χ0n) is 23.9. The number of H-pyrrole nitrogens is 1. The normalized spacial score (nSPS) is 13.8. The molecule has 1 aliphatic heterocycles. The van der Waals surface area contributed by atoms with Gasteiger partial charge in [0.1, 0.15) is 24.0 Å². The van der Waals surface area contributed by atoms with Gasteiger partial charge in [-0.1, -0.05) is 30.3 Å². The van der Waals surface area contributed by atoms with Crippen LogP contribution >= 0.6 is 0 Å². The molecule has 0 atom stereocenters. The van der Waals surface area contributed by atoms with Gasteiger partial charge in [0, 0.05) is 48.9 Å². The Labute approximate surface area is 249 Å². The molecule has 4 aromatic carbocycles. The van der Waals surface area contributed by atoms with Crippen molar-refractivity contribution in [2.24, 2.45) is 0 Å². The Balaban J connectivity index is 1.22. The lowest BCUT2D eigenvalue weighted by atomic mass is 9.98. The number of benzene rings is 4. The lowest BCUT2D eigenvalue weighted by Crippen LogP contribution is -2.44. The third-order valence-corrected chi connectivity index (χ3v) is 7.82. The molecule has 0 aliphatic carbocycles. The van der Waals surface area contributed by atoms with Crippen molar-refractivity contribution >= 4 is 28.3 Å².